The normalized spacial score (nSPS) is 12.1. The Kier molecular flexibility index (Phi) is 8.51. The first-order valence-corrected chi connectivity index (χ1v) is 11.2. The van der Waals surface area contributed by atoms with Crippen molar-refractivity contribution in [1.82, 2.24) is 10.6 Å². The molecule has 0 unspecified atom stereocenters. The number of aromatic hydroxyl groups is 1. The summed E-state index contributed by atoms with van der Waals surface area (Å²) in [5, 5.41) is 16.0. The smallest absolute Gasteiger partial charge is 0.257 e. The lowest BCUT2D eigenvalue weighted by atomic mass is 10.0. The van der Waals surface area contributed by atoms with E-state index >= 15 is 0 Å². The average Bonchev–Trinajstić information content (AvgIpc) is 2.88. The van der Waals surface area contributed by atoms with E-state index in [1.807, 2.05) is 74.5 Å². The summed E-state index contributed by atoms with van der Waals surface area (Å²) in [6, 6.07) is 21.4. The molecule has 0 saturated heterocycles. The molecule has 2 amide bonds. The van der Waals surface area contributed by atoms with Crippen LogP contribution in [-0.4, -0.2) is 31.1 Å². The van der Waals surface area contributed by atoms with Gasteiger partial charge in [0.1, 0.15) is 5.57 Å². The van der Waals surface area contributed by atoms with Gasteiger partial charge in [-0.25, -0.2) is 0 Å². The molecule has 2 atom stereocenters. The zero-order chi connectivity index (χ0) is 25.4. The van der Waals surface area contributed by atoms with Gasteiger partial charge in [0, 0.05) is 0 Å². The van der Waals surface area contributed by atoms with Gasteiger partial charge in [-0.1, -0.05) is 60.7 Å². The lowest BCUT2D eigenvalue weighted by Crippen LogP contribution is -2.36. The predicted octanol–water partition coefficient (Wildman–Crippen LogP) is 4.55. The quantitative estimate of drug-likeness (QED) is 0.240. The van der Waals surface area contributed by atoms with Crippen molar-refractivity contribution >= 4 is 17.9 Å². The molecule has 0 heterocycles. The van der Waals surface area contributed by atoms with Gasteiger partial charge in [0.2, 0.25) is 5.75 Å². The summed E-state index contributed by atoms with van der Waals surface area (Å²) in [6.07, 6.45) is 1.45. The summed E-state index contributed by atoms with van der Waals surface area (Å²) in [5.74, 6) is -0.926. The van der Waals surface area contributed by atoms with Crippen LogP contribution in [0.3, 0.4) is 0 Å². The maximum Gasteiger partial charge on any atom is 0.257 e. The molecule has 182 valence electrons. The second kappa shape index (κ2) is 11.7. The Hall–Kier alpha value is -4.26. The monoisotopic (exact) mass is 474 g/mol. The second-order valence-electron chi connectivity index (χ2n) is 8.04. The van der Waals surface area contributed by atoms with Gasteiger partial charge in [-0.2, -0.15) is 0 Å². The maximum absolute atomic E-state index is 13.3. The summed E-state index contributed by atoms with van der Waals surface area (Å²) in [7, 11) is 2.82. The van der Waals surface area contributed by atoms with Crippen molar-refractivity contribution in [2.45, 2.75) is 25.9 Å². The fraction of sp³-hybridized carbons (Fsp3) is 0.214. The number of ether oxygens (including phenoxy) is 2. The first-order chi connectivity index (χ1) is 16.8. The number of hydrogen-bond donors (Lipinski definition) is 3. The summed E-state index contributed by atoms with van der Waals surface area (Å²) in [4.78, 5) is 26.6. The van der Waals surface area contributed by atoms with Crippen LogP contribution in [0, 0.1) is 0 Å². The van der Waals surface area contributed by atoms with Crippen LogP contribution in [0.15, 0.2) is 78.4 Å². The minimum atomic E-state index is -0.537. The molecule has 3 aromatic rings. The van der Waals surface area contributed by atoms with E-state index in [4.69, 9.17) is 9.47 Å². The Morgan fingerprint density at radius 2 is 1.17 bits per heavy atom. The van der Waals surface area contributed by atoms with Gasteiger partial charge in [0.15, 0.2) is 11.5 Å². The molecule has 7 nitrogen and oxygen atoms in total. The molecule has 3 rings (SSSR count). The SMILES string of the molecule is COc1cc(C=C(C(=O)N[C@H](C)c2ccccc2)C(=O)N[C@H](C)c2ccccc2)cc(OC)c1O. The Balaban J connectivity index is 1.96. The van der Waals surface area contributed by atoms with Crippen molar-refractivity contribution in [2.24, 2.45) is 0 Å². The molecule has 0 fully saturated rings. The van der Waals surface area contributed by atoms with E-state index in [2.05, 4.69) is 10.6 Å². The van der Waals surface area contributed by atoms with Crippen molar-refractivity contribution in [1.29, 1.82) is 0 Å². The zero-order valence-electron chi connectivity index (χ0n) is 20.2. The van der Waals surface area contributed by atoms with E-state index in [1.165, 1.54) is 32.4 Å². The van der Waals surface area contributed by atoms with Crippen LogP contribution in [-0.2, 0) is 9.59 Å². The fourth-order valence-corrected chi connectivity index (χ4v) is 3.60. The number of amides is 2. The molecule has 0 aliphatic carbocycles. The largest absolute Gasteiger partial charge is 0.502 e. The number of phenolic OH excluding ortho intramolecular Hbond substituents is 1. The highest BCUT2D eigenvalue weighted by Crippen LogP contribution is 2.37. The van der Waals surface area contributed by atoms with Gasteiger partial charge in [-0.15, -0.1) is 0 Å². The molecule has 0 aliphatic rings. The molecule has 0 aromatic heterocycles. The van der Waals surface area contributed by atoms with E-state index in [0.29, 0.717) is 5.56 Å². The van der Waals surface area contributed by atoms with Gasteiger partial charge >= 0.3 is 0 Å². The Labute approximate surface area is 205 Å². The second-order valence-corrected chi connectivity index (χ2v) is 8.04. The molecule has 35 heavy (non-hydrogen) atoms. The number of carbonyl (C=O) groups is 2. The van der Waals surface area contributed by atoms with Crippen molar-refractivity contribution in [2.75, 3.05) is 14.2 Å². The highest BCUT2D eigenvalue weighted by molar-refractivity contribution is 6.21. The lowest BCUT2D eigenvalue weighted by Gasteiger charge is -2.19. The van der Waals surface area contributed by atoms with Crippen molar-refractivity contribution < 1.29 is 24.2 Å². The van der Waals surface area contributed by atoms with Crippen molar-refractivity contribution in [3.8, 4) is 17.2 Å². The predicted molar refractivity (Wildman–Crippen MR) is 135 cm³/mol. The maximum atomic E-state index is 13.3. The van der Waals surface area contributed by atoms with Gasteiger partial charge < -0.3 is 25.2 Å². The summed E-state index contributed by atoms with van der Waals surface area (Å²) in [6.45, 7) is 3.70. The van der Waals surface area contributed by atoms with E-state index in [1.54, 1.807) is 0 Å². The number of phenols is 1. The Morgan fingerprint density at radius 1 is 0.771 bits per heavy atom. The molecule has 0 radical (unpaired) electrons. The van der Waals surface area contributed by atoms with Gasteiger partial charge in [-0.05, 0) is 48.7 Å². The van der Waals surface area contributed by atoms with Crippen molar-refractivity contribution in [3.63, 3.8) is 0 Å². The first kappa shape index (κ1) is 25.4. The van der Waals surface area contributed by atoms with Crippen LogP contribution in [0.25, 0.3) is 6.08 Å². The van der Waals surface area contributed by atoms with Crippen molar-refractivity contribution in [3.05, 3.63) is 95.1 Å². The highest BCUT2D eigenvalue weighted by Gasteiger charge is 2.23. The molecule has 7 heteroatoms. The number of nitrogens with one attached hydrogen (secondary N) is 2. The first-order valence-electron chi connectivity index (χ1n) is 11.2. The number of carbonyl (C=O) groups excluding carboxylic acids is 2. The minimum Gasteiger partial charge on any atom is -0.502 e. The van der Waals surface area contributed by atoms with Crippen LogP contribution in [0.4, 0.5) is 0 Å². The standard InChI is InChI=1S/C28H30N2O5/c1-18(21-11-7-5-8-12-21)29-27(32)23(28(33)30-19(2)22-13-9-6-10-14-22)15-20-16-24(34-3)26(31)25(17-20)35-4/h5-19,31H,1-4H3,(H,29,32)(H,30,33)/t18-,19-/m1/s1. The molecular formula is C28H30N2O5. The third-order valence-electron chi connectivity index (χ3n) is 5.60. The number of methoxy groups -OCH3 is 2. The average molecular weight is 475 g/mol. The molecule has 0 aliphatic heterocycles. The van der Waals surface area contributed by atoms with Crippen LogP contribution < -0.4 is 20.1 Å². The molecule has 0 spiro atoms. The Bertz CT molecular complexity index is 1110. The molecule has 3 N–H and O–H groups in total. The topological polar surface area (TPSA) is 96.9 Å². The number of benzene rings is 3. The minimum absolute atomic E-state index is 0.0923. The highest BCUT2D eigenvalue weighted by atomic mass is 16.5. The van der Waals surface area contributed by atoms with E-state index in [-0.39, 0.29) is 34.9 Å². The van der Waals surface area contributed by atoms with E-state index in [0.717, 1.165) is 11.1 Å². The third kappa shape index (κ3) is 6.41. The number of hydrogen-bond acceptors (Lipinski definition) is 5. The van der Waals surface area contributed by atoms with E-state index < -0.39 is 11.8 Å². The fourth-order valence-electron chi connectivity index (χ4n) is 3.60. The molecule has 3 aromatic carbocycles. The Morgan fingerprint density at radius 3 is 1.54 bits per heavy atom. The summed E-state index contributed by atoms with van der Waals surface area (Å²) >= 11 is 0. The summed E-state index contributed by atoms with van der Waals surface area (Å²) in [5.41, 5.74) is 2.18. The number of rotatable bonds is 9. The molecule has 0 saturated carbocycles. The summed E-state index contributed by atoms with van der Waals surface area (Å²) < 4.78 is 10.4. The lowest BCUT2D eigenvalue weighted by molar-refractivity contribution is -0.124. The van der Waals surface area contributed by atoms with Crippen LogP contribution in [0.5, 0.6) is 17.2 Å². The van der Waals surface area contributed by atoms with Gasteiger partial charge in [0.25, 0.3) is 11.8 Å². The van der Waals surface area contributed by atoms with E-state index in [9.17, 15) is 14.7 Å². The van der Waals surface area contributed by atoms with Crippen LogP contribution >= 0.6 is 0 Å². The molecular weight excluding hydrogens is 444 g/mol. The van der Waals surface area contributed by atoms with Gasteiger partial charge in [-0.3, -0.25) is 9.59 Å². The van der Waals surface area contributed by atoms with Crippen LogP contribution in [0.2, 0.25) is 0 Å². The molecule has 0 bridgehead atoms. The third-order valence-corrected chi connectivity index (χ3v) is 5.60. The van der Waals surface area contributed by atoms with Crippen LogP contribution in [0.1, 0.15) is 42.6 Å². The zero-order valence-corrected chi connectivity index (χ0v) is 20.2. The van der Waals surface area contributed by atoms with Gasteiger partial charge in [0.05, 0.1) is 26.3 Å².